The molecule has 7 heteroatoms. The third-order valence-electron chi connectivity index (χ3n) is 3.25. The van der Waals surface area contributed by atoms with Crippen molar-refractivity contribution < 1.29 is 8.42 Å². The number of nitrogen functional groups attached to an aromatic ring is 1. The van der Waals surface area contributed by atoms with E-state index in [0.717, 1.165) is 12.8 Å². The summed E-state index contributed by atoms with van der Waals surface area (Å²) in [6, 6.07) is 0. The Balaban J connectivity index is 1.96. The Bertz CT molecular complexity index is 480. The predicted octanol–water partition coefficient (Wildman–Crippen LogP) is 0.917. The Morgan fingerprint density at radius 1 is 1.22 bits per heavy atom. The Labute approximate surface area is 107 Å². The first-order valence-corrected chi connectivity index (χ1v) is 7.63. The molecule has 1 aliphatic rings. The van der Waals surface area contributed by atoms with Crippen LogP contribution >= 0.6 is 0 Å². The van der Waals surface area contributed by atoms with Crippen molar-refractivity contribution >= 4 is 16.0 Å². The van der Waals surface area contributed by atoms with Gasteiger partial charge in [0, 0.05) is 6.54 Å². The topological polar surface area (TPSA) is 98.0 Å². The number of hydrogen-bond acceptors (Lipinski definition) is 5. The van der Waals surface area contributed by atoms with Crippen molar-refractivity contribution in [2.45, 2.75) is 37.0 Å². The van der Waals surface area contributed by atoms with Crippen molar-refractivity contribution in [1.82, 2.24) is 14.7 Å². The highest BCUT2D eigenvalue weighted by Gasteiger charge is 2.19. The van der Waals surface area contributed by atoms with Gasteiger partial charge in [0.25, 0.3) is 0 Å². The van der Waals surface area contributed by atoms with Crippen LogP contribution in [0.25, 0.3) is 0 Å². The normalized spacial score (nSPS) is 17.8. The third-order valence-corrected chi connectivity index (χ3v) is 4.62. The Morgan fingerprint density at radius 3 is 2.44 bits per heavy atom. The van der Waals surface area contributed by atoms with Crippen LogP contribution in [0, 0.1) is 5.92 Å². The van der Waals surface area contributed by atoms with Gasteiger partial charge in [-0.15, -0.1) is 0 Å². The van der Waals surface area contributed by atoms with Crippen molar-refractivity contribution in [1.29, 1.82) is 0 Å². The molecule has 0 unspecified atom stereocenters. The zero-order valence-electron chi connectivity index (χ0n) is 10.2. The standard InChI is InChI=1S/C11H18N4O2S/c12-11-13-7-10(8-14-11)18(16,17)15-6-9-4-2-1-3-5-9/h7-9,15H,1-6H2,(H2,12,13,14). The summed E-state index contributed by atoms with van der Waals surface area (Å²) >= 11 is 0. The second-order valence-electron chi connectivity index (χ2n) is 4.63. The van der Waals surface area contributed by atoms with Crippen LogP contribution in [0.1, 0.15) is 32.1 Å². The summed E-state index contributed by atoms with van der Waals surface area (Å²) in [5.74, 6) is 0.518. The molecular weight excluding hydrogens is 252 g/mol. The van der Waals surface area contributed by atoms with Gasteiger partial charge in [-0.1, -0.05) is 19.3 Å². The molecule has 2 rings (SSSR count). The van der Waals surface area contributed by atoms with Crippen molar-refractivity contribution in [3.63, 3.8) is 0 Å². The molecular formula is C11H18N4O2S. The lowest BCUT2D eigenvalue weighted by atomic mass is 9.90. The zero-order chi connectivity index (χ0) is 13.0. The number of aromatic nitrogens is 2. The predicted molar refractivity (Wildman–Crippen MR) is 68.2 cm³/mol. The van der Waals surface area contributed by atoms with E-state index in [1.807, 2.05) is 0 Å². The van der Waals surface area contributed by atoms with Crippen LogP contribution in [0.2, 0.25) is 0 Å². The molecule has 0 bridgehead atoms. The van der Waals surface area contributed by atoms with E-state index in [-0.39, 0.29) is 10.8 Å². The third kappa shape index (κ3) is 3.39. The van der Waals surface area contributed by atoms with E-state index < -0.39 is 10.0 Å². The van der Waals surface area contributed by atoms with Gasteiger partial charge in [-0.05, 0) is 18.8 Å². The van der Waals surface area contributed by atoms with Crippen LogP contribution in [-0.2, 0) is 10.0 Å². The van der Waals surface area contributed by atoms with E-state index in [9.17, 15) is 8.42 Å². The van der Waals surface area contributed by atoms with E-state index in [1.165, 1.54) is 31.7 Å². The van der Waals surface area contributed by atoms with Gasteiger partial charge in [0.1, 0.15) is 4.90 Å². The molecule has 1 aliphatic carbocycles. The first-order chi connectivity index (χ1) is 8.58. The van der Waals surface area contributed by atoms with Crippen LogP contribution in [0.3, 0.4) is 0 Å². The van der Waals surface area contributed by atoms with Gasteiger partial charge in [-0.2, -0.15) is 0 Å². The van der Waals surface area contributed by atoms with Crippen molar-refractivity contribution in [2.24, 2.45) is 5.92 Å². The quantitative estimate of drug-likeness (QED) is 0.847. The largest absolute Gasteiger partial charge is 0.368 e. The summed E-state index contributed by atoms with van der Waals surface area (Å²) in [5, 5.41) is 0. The Morgan fingerprint density at radius 2 is 1.83 bits per heavy atom. The second kappa shape index (κ2) is 5.62. The van der Waals surface area contributed by atoms with E-state index in [4.69, 9.17) is 5.73 Å². The molecule has 0 aromatic carbocycles. The molecule has 1 aromatic heterocycles. The molecule has 0 amide bonds. The fraction of sp³-hybridized carbons (Fsp3) is 0.636. The lowest BCUT2D eigenvalue weighted by Gasteiger charge is -2.21. The van der Waals surface area contributed by atoms with Crippen LogP contribution in [0.5, 0.6) is 0 Å². The van der Waals surface area contributed by atoms with Gasteiger partial charge in [-0.25, -0.2) is 23.1 Å². The Kier molecular flexibility index (Phi) is 4.13. The maximum atomic E-state index is 12.0. The van der Waals surface area contributed by atoms with Crippen molar-refractivity contribution in [2.75, 3.05) is 12.3 Å². The number of sulfonamides is 1. The molecule has 0 aliphatic heterocycles. The van der Waals surface area contributed by atoms with Crippen LogP contribution < -0.4 is 10.5 Å². The number of hydrogen-bond donors (Lipinski definition) is 2. The fourth-order valence-corrected chi connectivity index (χ4v) is 3.17. The maximum Gasteiger partial charge on any atom is 0.243 e. The number of anilines is 1. The van der Waals surface area contributed by atoms with Crippen molar-refractivity contribution in [3.05, 3.63) is 12.4 Å². The fourth-order valence-electron chi connectivity index (χ4n) is 2.17. The molecule has 1 heterocycles. The van der Waals surface area contributed by atoms with E-state index in [2.05, 4.69) is 14.7 Å². The summed E-state index contributed by atoms with van der Waals surface area (Å²) in [5.41, 5.74) is 5.32. The van der Waals surface area contributed by atoms with Gasteiger partial charge in [-0.3, -0.25) is 0 Å². The number of nitrogens with one attached hydrogen (secondary N) is 1. The SMILES string of the molecule is Nc1ncc(S(=O)(=O)NCC2CCCCC2)cn1. The van der Waals surface area contributed by atoms with Gasteiger partial charge < -0.3 is 5.73 Å². The average Bonchev–Trinajstić information content (AvgIpc) is 2.38. The number of rotatable bonds is 4. The molecule has 0 saturated heterocycles. The number of nitrogens with two attached hydrogens (primary N) is 1. The molecule has 6 nitrogen and oxygen atoms in total. The van der Waals surface area contributed by atoms with Crippen LogP contribution in [0.4, 0.5) is 5.95 Å². The molecule has 1 aromatic rings. The molecule has 0 atom stereocenters. The van der Waals surface area contributed by atoms with Gasteiger partial charge in [0.05, 0.1) is 12.4 Å². The minimum Gasteiger partial charge on any atom is -0.368 e. The van der Waals surface area contributed by atoms with Gasteiger partial charge in [0.15, 0.2) is 0 Å². The summed E-state index contributed by atoms with van der Waals surface area (Å²) < 4.78 is 26.5. The molecule has 100 valence electrons. The van der Waals surface area contributed by atoms with E-state index >= 15 is 0 Å². The van der Waals surface area contributed by atoms with Gasteiger partial charge >= 0.3 is 0 Å². The first-order valence-electron chi connectivity index (χ1n) is 6.15. The smallest absolute Gasteiger partial charge is 0.243 e. The van der Waals surface area contributed by atoms with E-state index in [0.29, 0.717) is 12.5 Å². The summed E-state index contributed by atoms with van der Waals surface area (Å²) in [6.45, 7) is 0.493. The van der Waals surface area contributed by atoms with Gasteiger partial charge in [0.2, 0.25) is 16.0 Å². The number of nitrogens with zero attached hydrogens (tertiary/aromatic N) is 2. The summed E-state index contributed by atoms with van der Waals surface area (Å²) in [6.07, 6.45) is 8.29. The lowest BCUT2D eigenvalue weighted by molar-refractivity contribution is 0.357. The van der Waals surface area contributed by atoms with E-state index in [1.54, 1.807) is 0 Å². The highest BCUT2D eigenvalue weighted by molar-refractivity contribution is 7.89. The first kappa shape index (κ1) is 13.2. The molecule has 0 radical (unpaired) electrons. The summed E-state index contributed by atoms with van der Waals surface area (Å²) in [7, 11) is -3.51. The molecule has 0 spiro atoms. The average molecular weight is 270 g/mol. The highest BCUT2D eigenvalue weighted by atomic mass is 32.2. The molecule has 3 N–H and O–H groups in total. The lowest BCUT2D eigenvalue weighted by Crippen LogP contribution is -2.30. The van der Waals surface area contributed by atoms with Crippen molar-refractivity contribution in [3.8, 4) is 0 Å². The maximum absolute atomic E-state index is 12.0. The van der Waals surface area contributed by atoms with Crippen LogP contribution in [0.15, 0.2) is 17.3 Å². The monoisotopic (exact) mass is 270 g/mol. The summed E-state index contributed by atoms with van der Waals surface area (Å²) in [4.78, 5) is 7.44. The minimum atomic E-state index is -3.51. The Hall–Kier alpha value is -1.21. The molecule has 18 heavy (non-hydrogen) atoms. The minimum absolute atomic E-state index is 0.0625. The van der Waals surface area contributed by atoms with Crippen LogP contribution in [-0.4, -0.2) is 24.9 Å². The molecule has 1 saturated carbocycles. The highest BCUT2D eigenvalue weighted by Crippen LogP contribution is 2.23. The zero-order valence-corrected chi connectivity index (χ0v) is 11.0. The molecule has 1 fully saturated rings. The second-order valence-corrected chi connectivity index (χ2v) is 6.40.